The average Bonchev–Trinajstić information content (AvgIpc) is 1.86. The highest BCUT2D eigenvalue weighted by molar-refractivity contribution is 4.57. The first-order chi connectivity index (χ1) is 4.70. The third-order valence-corrected chi connectivity index (χ3v) is 1.02. The van der Waals surface area contributed by atoms with Gasteiger partial charge in [-0.2, -0.15) is 0 Å². The van der Waals surface area contributed by atoms with Gasteiger partial charge in [0.2, 0.25) is 0 Å². The lowest BCUT2D eigenvalue weighted by Gasteiger charge is -2.16. The van der Waals surface area contributed by atoms with Gasteiger partial charge in [0.1, 0.15) is 0 Å². The molecule has 0 saturated carbocycles. The molecule has 10 heavy (non-hydrogen) atoms. The van der Waals surface area contributed by atoms with Crippen molar-refractivity contribution in [3.05, 3.63) is 0 Å². The fourth-order valence-corrected chi connectivity index (χ4v) is 0.662. The normalized spacial score (nSPS) is 16.8. The predicted molar refractivity (Wildman–Crippen MR) is 37.6 cm³/mol. The van der Waals surface area contributed by atoms with E-state index in [-0.39, 0.29) is 12.7 Å². The molecule has 0 spiro atoms. The molecule has 3 N–H and O–H groups in total. The minimum atomic E-state index is -0.814. The van der Waals surface area contributed by atoms with Crippen LogP contribution in [-0.2, 0) is 4.74 Å². The van der Waals surface area contributed by atoms with Crippen molar-refractivity contribution in [1.29, 1.82) is 0 Å². The Morgan fingerprint density at radius 1 is 1.60 bits per heavy atom. The van der Waals surface area contributed by atoms with Crippen LogP contribution >= 0.6 is 0 Å². The van der Waals surface area contributed by atoms with E-state index >= 15 is 0 Å². The maximum Gasteiger partial charge on any atom is 0.152 e. The molecule has 0 aromatic heterocycles. The third-order valence-electron chi connectivity index (χ3n) is 1.02. The second-order valence-electron chi connectivity index (χ2n) is 2.10. The summed E-state index contributed by atoms with van der Waals surface area (Å²) in [5, 5.41) is 20.2. The smallest absolute Gasteiger partial charge is 0.152 e. The van der Waals surface area contributed by atoms with Gasteiger partial charge in [0, 0.05) is 6.54 Å². The van der Waals surface area contributed by atoms with Gasteiger partial charge in [-0.05, 0) is 14.0 Å². The molecule has 0 amide bonds. The molecule has 0 aromatic carbocycles. The van der Waals surface area contributed by atoms with Crippen molar-refractivity contribution < 1.29 is 14.9 Å². The number of likely N-dealkylation sites (N-methyl/N-ethyl adjacent to an activating group) is 1. The molecule has 0 fully saturated rings. The van der Waals surface area contributed by atoms with E-state index in [1.807, 2.05) is 0 Å². The molecule has 0 heterocycles. The van der Waals surface area contributed by atoms with Crippen molar-refractivity contribution >= 4 is 0 Å². The summed E-state index contributed by atoms with van der Waals surface area (Å²) in [4.78, 5) is 0. The predicted octanol–water partition coefficient (Wildman–Crippen LogP) is -1.08. The summed E-state index contributed by atoms with van der Waals surface area (Å²) in [6, 6.07) is 0. The Kier molecular flexibility index (Phi) is 5.52. The van der Waals surface area contributed by atoms with E-state index in [1.54, 1.807) is 7.05 Å². The summed E-state index contributed by atoms with van der Waals surface area (Å²) < 4.78 is 4.88. The van der Waals surface area contributed by atoms with E-state index < -0.39 is 6.29 Å². The Morgan fingerprint density at radius 2 is 2.20 bits per heavy atom. The number of hydrogen-bond donors (Lipinski definition) is 3. The van der Waals surface area contributed by atoms with E-state index in [0.29, 0.717) is 6.54 Å². The van der Waals surface area contributed by atoms with Gasteiger partial charge < -0.3 is 20.3 Å². The quantitative estimate of drug-likeness (QED) is 0.435. The molecule has 0 aliphatic heterocycles. The Hall–Kier alpha value is -0.160. The zero-order valence-corrected chi connectivity index (χ0v) is 6.37. The maximum absolute atomic E-state index is 8.72. The molecule has 0 bridgehead atoms. The first kappa shape index (κ1) is 9.84. The standard InChI is InChI=1S/C6H15NO3/c1-5(9)10-6(4-8)3-7-2/h5-9H,3-4H2,1-2H3. The Balaban J connectivity index is 3.39. The molecule has 2 unspecified atom stereocenters. The lowest BCUT2D eigenvalue weighted by atomic mass is 10.4. The molecule has 0 aliphatic carbocycles. The highest BCUT2D eigenvalue weighted by Crippen LogP contribution is 1.92. The minimum absolute atomic E-state index is 0.0776. The summed E-state index contributed by atoms with van der Waals surface area (Å²) in [6.45, 7) is 1.98. The van der Waals surface area contributed by atoms with Crippen molar-refractivity contribution in [3.63, 3.8) is 0 Å². The van der Waals surface area contributed by atoms with Crippen LogP contribution in [0.5, 0.6) is 0 Å². The number of nitrogens with one attached hydrogen (secondary N) is 1. The second-order valence-corrected chi connectivity index (χ2v) is 2.10. The zero-order chi connectivity index (χ0) is 7.98. The summed E-state index contributed by atoms with van der Waals surface area (Å²) >= 11 is 0. The van der Waals surface area contributed by atoms with Gasteiger partial charge in [-0.3, -0.25) is 0 Å². The van der Waals surface area contributed by atoms with E-state index in [0.717, 1.165) is 0 Å². The number of hydrogen-bond acceptors (Lipinski definition) is 4. The van der Waals surface area contributed by atoms with Gasteiger partial charge in [0.25, 0.3) is 0 Å². The molecule has 0 aliphatic rings. The Morgan fingerprint density at radius 3 is 2.50 bits per heavy atom. The van der Waals surface area contributed by atoms with Crippen molar-refractivity contribution in [2.75, 3.05) is 20.2 Å². The second kappa shape index (κ2) is 5.61. The van der Waals surface area contributed by atoms with Crippen LogP contribution in [-0.4, -0.2) is 42.8 Å². The fourth-order valence-electron chi connectivity index (χ4n) is 0.662. The summed E-state index contributed by atoms with van der Waals surface area (Å²) in [7, 11) is 1.76. The van der Waals surface area contributed by atoms with Gasteiger partial charge in [-0.25, -0.2) is 0 Å². The molecule has 0 rings (SSSR count). The molecule has 4 nitrogen and oxygen atoms in total. The number of aliphatic hydroxyl groups excluding tert-OH is 2. The van der Waals surface area contributed by atoms with E-state index in [2.05, 4.69) is 5.32 Å². The minimum Gasteiger partial charge on any atom is -0.394 e. The molecule has 0 aromatic rings. The van der Waals surface area contributed by atoms with Crippen LogP contribution in [0, 0.1) is 0 Å². The monoisotopic (exact) mass is 149 g/mol. The van der Waals surface area contributed by atoms with Crippen molar-refractivity contribution in [2.45, 2.75) is 19.3 Å². The SMILES string of the molecule is CNCC(CO)OC(C)O. The van der Waals surface area contributed by atoms with Gasteiger partial charge in [0.15, 0.2) is 6.29 Å². The van der Waals surface area contributed by atoms with Crippen LogP contribution in [0.25, 0.3) is 0 Å². The zero-order valence-electron chi connectivity index (χ0n) is 6.37. The molecular formula is C6H15NO3. The maximum atomic E-state index is 8.72. The number of rotatable bonds is 5. The van der Waals surface area contributed by atoms with Gasteiger partial charge in [-0.15, -0.1) is 0 Å². The summed E-state index contributed by atoms with van der Waals surface area (Å²) in [6.07, 6.45) is -1.13. The van der Waals surface area contributed by atoms with Crippen molar-refractivity contribution in [1.82, 2.24) is 5.32 Å². The average molecular weight is 149 g/mol. The molecule has 4 heteroatoms. The van der Waals surface area contributed by atoms with Crippen LogP contribution in [0.3, 0.4) is 0 Å². The largest absolute Gasteiger partial charge is 0.394 e. The van der Waals surface area contributed by atoms with Gasteiger partial charge in [-0.1, -0.05) is 0 Å². The lowest BCUT2D eigenvalue weighted by molar-refractivity contribution is -0.133. The Labute approximate surface area is 60.8 Å². The van der Waals surface area contributed by atoms with Crippen LogP contribution in [0.4, 0.5) is 0 Å². The third kappa shape index (κ3) is 4.69. The molecule has 62 valence electrons. The topological polar surface area (TPSA) is 61.7 Å². The first-order valence-electron chi connectivity index (χ1n) is 3.29. The number of aliphatic hydroxyl groups is 2. The highest BCUT2D eigenvalue weighted by atomic mass is 16.6. The summed E-state index contributed by atoms with van der Waals surface area (Å²) in [5.41, 5.74) is 0. The molecule has 2 atom stereocenters. The summed E-state index contributed by atoms with van der Waals surface area (Å²) in [5.74, 6) is 0. The first-order valence-corrected chi connectivity index (χ1v) is 3.29. The lowest BCUT2D eigenvalue weighted by Crippen LogP contribution is -2.32. The van der Waals surface area contributed by atoms with Crippen LogP contribution in [0.1, 0.15) is 6.92 Å². The van der Waals surface area contributed by atoms with Crippen LogP contribution < -0.4 is 5.32 Å². The fraction of sp³-hybridized carbons (Fsp3) is 1.00. The van der Waals surface area contributed by atoms with Crippen molar-refractivity contribution in [2.24, 2.45) is 0 Å². The van der Waals surface area contributed by atoms with Crippen LogP contribution in [0.15, 0.2) is 0 Å². The molecular weight excluding hydrogens is 134 g/mol. The molecule has 0 radical (unpaired) electrons. The van der Waals surface area contributed by atoms with E-state index in [4.69, 9.17) is 14.9 Å². The van der Waals surface area contributed by atoms with Crippen LogP contribution in [0.2, 0.25) is 0 Å². The van der Waals surface area contributed by atoms with E-state index in [9.17, 15) is 0 Å². The molecule has 0 saturated heterocycles. The van der Waals surface area contributed by atoms with Gasteiger partial charge in [0.05, 0.1) is 12.7 Å². The highest BCUT2D eigenvalue weighted by Gasteiger charge is 2.08. The van der Waals surface area contributed by atoms with Crippen molar-refractivity contribution in [3.8, 4) is 0 Å². The Bertz CT molecular complexity index is 77.4. The number of ether oxygens (including phenoxy) is 1. The van der Waals surface area contributed by atoms with Gasteiger partial charge >= 0.3 is 0 Å². The van der Waals surface area contributed by atoms with E-state index in [1.165, 1.54) is 6.92 Å².